The number of methoxy groups -OCH3 is 1. The minimum atomic E-state index is 0.581. The van der Waals surface area contributed by atoms with Crippen LogP contribution in [-0.4, -0.2) is 24.7 Å². The molecule has 1 aromatic rings. The van der Waals surface area contributed by atoms with Crippen LogP contribution in [-0.2, 0) is 0 Å². The molecule has 1 N–H and O–H groups in total. The van der Waals surface area contributed by atoms with E-state index in [2.05, 4.69) is 22.4 Å². The summed E-state index contributed by atoms with van der Waals surface area (Å²) in [5.74, 6) is 1.67. The highest BCUT2D eigenvalue weighted by Crippen LogP contribution is 2.37. The first-order valence-electron chi connectivity index (χ1n) is 6.23. The average Bonchev–Trinajstić information content (AvgIpc) is 2.90. The molecule has 17 heavy (non-hydrogen) atoms. The maximum atomic E-state index is 5.33. The van der Waals surface area contributed by atoms with Gasteiger partial charge in [-0.1, -0.05) is 6.08 Å². The van der Waals surface area contributed by atoms with Crippen molar-refractivity contribution in [1.82, 2.24) is 10.3 Å². The van der Waals surface area contributed by atoms with Crippen LogP contribution in [0.1, 0.15) is 24.1 Å². The fourth-order valence-corrected chi connectivity index (χ4v) is 2.88. The van der Waals surface area contributed by atoms with Gasteiger partial charge < -0.3 is 10.1 Å². The molecule has 90 valence electrons. The smallest absolute Gasteiger partial charge is 0.140 e. The number of nitrogens with one attached hydrogen (secondary N) is 1. The Balaban J connectivity index is 1.90. The van der Waals surface area contributed by atoms with Crippen molar-refractivity contribution in [3.05, 3.63) is 29.6 Å². The third-order valence-electron chi connectivity index (χ3n) is 3.90. The van der Waals surface area contributed by atoms with Gasteiger partial charge in [-0.15, -0.1) is 0 Å². The molecule has 0 aromatic carbocycles. The molecule has 0 spiro atoms. The number of allylic oxidation sites excluding steroid dienone is 1. The normalized spacial score (nSPS) is 26.8. The zero-order chi connectivity index (χ0) is 11.8. The van der Waals surface area contributed by atoms with Crippen LogP contribution in [0.2, 0.25) is 0 Å². The van der Waals surface area contributed by atoms with Crippen molar-refractivity contribution in [1.29, 1.82) is 0 Å². The Bertz CT molecular complexity index is 467. The van der Waals surface area contributed by atoms with Crippen molar-refractivity contribution in [3.8, 4) is 5.75 Å². The molecule has 0 bridgehead atoms. The molecule has 3 heteroatoms. The number of fused-ring (bicyclic) bond motifs is 1. The molecular formula is C14H18N2O. The van der Waals surface area contributed by atoms with E-state index in [-0.39, 0.29) is 0 Å². The molecule has 1 aliphatic carbocycles. The zero-order valence-corrected chi connectivity index (χ0v) is 10.4. The summed E-state index contributed by atoms with van der Waals surface area (Å²) in [6.07, 6.45) is 6.79. The first-order valence-corrected chi connectivity index (χ1v) is 6.23. The molecule has 0 amide bonds. The quantitative estimate of drug-likeness (QED) is 0.845. The molecule has 2 heterocycles. The number of hydrogen-bond donors (Lipinski definition) is 1. The van der Waals surface area contributed by atoms with Crippen LogP contribution in [0, 0.1) is 12.8 Å². The molecule has 3 nitrogen and oxygen atoms in total. The lowest BCUT2D eigenvalue weighted by Crippen LogP contribution is -2.20. The molecule has 3 rings (SSSR count). The number of pyridine rings is 1. The van der Waals surface area contributed by atoms with Crippen LogP contribution in [0.25, 0.3) is 5.57 Å². The lowest BCUT2D eigenvalue weighted by Gasteiger charge is -2.09. The van der Waals surface area contributed by atoms with E-state index in [1.807, 2.05) is 13.1 Å². The van der Waals surface area contributed by atoms with Crippen molar-refractivity contribution in [2.24, 2.45) is 5.92 Å². The zero-order valence-electron chi connectivity index (χ0n) is 10.4. The predicted octanol–water partition coefficient (Wildman–Crippen LogP) is 2.16. The van der Waals surface area contributed by atoms with Crippen LogP contribution < -0.4 is 10.1 Å². The molecule has 0 unspecified atom stereocenters. The fraction of sp³-hybridized carbons (Fsp3) is 0.500. The Morgan fingerprint density at radius 1 is 1.47 bits per heavy atom. The Kier molecular flexibility index (Phi) is 2.63. The number of ether oxygens (including phenoxy) is 1. The largest absolute Gasteiger partial charge is 0.495 e. The van der Waals surface area contributed by atoms with E-state index in [9.17, 15) is 0 Å². The van der Waals surface area contributed by atoms with Gasteiger partial charge in [-0.05, 0) is 49.4 Å². The SMILES string of the molecule is COc1cc(C2=C[C@H]3NCC[C@H]3C2)cnc1C. The first-order chi connectivity index (χ1) is 8.28. The van der Waals surface area contributed by atoms with E-state index in [1.54, 1.807) is 7.11 Å². The molecule has 0 saturated carbocycles. The minimum absolute atomic E-state index is 0.581. The van der Waals surface area contributed by atoms with Crippen molar-refractivity contribution in [3.63, 3.8) is 0 Å². The van der Waals surface area contributed by atoms with Gasteiger partial charge in [-0.25, -0.2) is 0 Å². The molecule has 1 fully saturated rings. The maximum Gasteiger partial charge on any atom is 0.140 e. The summed E-state index contributed by atoms with van der Waals surface area (Å²) in [6, 6.07) is 2.69. The second-order valence-corrected chi connectivity index (χ2v) is 4.94. The lowest BCUT2D eigenvalue weighted by molar-refractivity contribution is 0.409. The molecule has 2 atom stereocenters. The van der Waals surface area contributed by atoms with E-state index in [0.29, 0.717) is 6.04 Å². The van der Waals surface area contributed by atoms with E-state index < -0.39 is 0 Å². The van der Waals surface area contributed by atoms with Gasteiger partial charge in [0.1, 0.15) is 5.75 Å². The van der Waals surface area contributed by atoms with Gasteiger partial charge in [0.15, 0.2) is 0 Å². The Morgan fingerprint density at radius 3 is 3.12 bits per heavy atom. The fourth-order valence-electron chi connectivity index (χ4n) is 2.88. The van der Waals surface area contributed by atoms with E-state index in [0.717, 1.165) is 23.9 Å². The monoisotopic (exact) mass is 230 g/mol. The Hall–Kier alpha value is -1.35. The van der Waals surface area contributed by atoms with Gasteiger partial charge in [0.25, 0.3) is 0 Å². The van der Waals surface area contributed by atoms with Gasteiger partial charge in [-0.2, -0.15) is 0 Å². The average molecular weight is 230 g/mol. The Labute approximate surface area is 102 Å². The van der Waals surface area contributed by atoms with Crippen LogP contribution in [0.4, 0.5) is 0 Å². The Morgan fingerprint density at radius 2 is 2.35 bits per heavy atom. The van der Waals surface area contributed by atoms with Gasteiger partial charge in [0, 0.05) is 12.2 Å². The predicted molar refractivity (Wildman–Crippen MR) is 68.0 cm³/mol. The third-order valence-corrected chi connectivity index (χ3v) is 3.90. The summed E-state index contributed by atoms with van der Waals surface area (Å²) >= 11 is 0. The highest BCUT2D eigenvalue weighted by Gasteiger charge is 2.31. The second kappa shape index (κ2) is 4.15. The summed E-state index contributed by atoms with van der Waals surface area (Å²) < 4.78 is 5.33. The molecule has 1 saturated heterocycles. The van der Waals surface area contributed by atoms with Crippen molar-refractivity contribution < 1.29 is 4.74 Å². The van der Waals surface area contributed by atoms with Crippen molar-refractivity contribution in [2.75, 3.05) is 13.7 Å². The van der Waals surface area contributed by atoms with Gasteiger partial charge in [0.05, 0.1) is 12.8 Å². The van der Waals surface area contributed by atoms with Crippen molar-refractivity contribution in [2.45, 2.75) is 25.8 Å². The molecular weight excluding hydrogens is 212 g/mol. The van der Waals surface area contributed by atoms with Crippen molar-refractivity contribution >= 4 is 5.57 Å². The number of aromatic nitrogens is 1. The van der Waals surface area contributed by atoms with E-state index >= 15 is 0 Å². The molecule has 0 radical (unpaired) electrons. The summed E-state index contributed by atoms with van der Waals surface area (Å²) in [7, 11) is 1.70. The van der Waals surface area contributed by atoms with Crippen LogP contribution in [0.3, 0.4) is 0 Å². The molecule has 1 aliphatic heterocycles. The van der Waals surface area contributed by atoms with E-state index in [1.165, 1.54) is 24.0 Å². The lowest BCUT2D eigenvalue weighted by atomic mass is 9.99. The number of aryl methyl sites for hydroxylation is 1. The number of nitrogens with zero attached hydrogens (tertiary/aromatic N) is 1. The van der Waals surface area contributed by atoms with Crippen LogP contribution in [0.5, 0.6) is 5.75 Å². The van der Waals surface area contributed by atoms with Gasteiger partial charge in [0.2, 0.25) is 0 Å². The summed E-state index contributed by atoms with van der Waals surface area (Å²) in [4.78, 5) is 4.40. The van der Waals surface area contributed by atoms with Crippen LogP contribution >= 0.6 is 0 Å². The highest BCUT2D eigenvalue weighted by molar-refractivity contribution is 5.69. The first kappa shape index (κ1) is 10.8. The molecule has 1 aromatic heterocycles. The maximum absolute atomic E-state index is 5.33. The summed E-state index contributed by atoms with van der Waals surface area (Å²) in [6.45, 7) is 3.14. The third kappa shape index (κ3) is 1.84. The topological polar surface area (TPSA) is 34.1 Å². The number of rotatable bonds is 2. The highest BCUT2D eigenvalue weighted by atomic mass is 16.5. The summed E-state index contributed by atoms with van der Waals surface area (Å²) in [5.41, 5.74) is 3.58. The van der Waals surface area contributed by atoms with Gasteiger partial charge in [-0.3, -0.25) is 4.98 Å². The van der Waals surface area contributed by atoms with Crippen LogP contribution in [0.15, 0.2) is 18.3 Å². The minimum Gasteiger partial charge on any atom is -0.495 e. The van der Waals surface area contributed by atoms with E-state index in [4.69, 9.17) is 4.74 Å². The number of hydrogen-bond acceptors (Lipinski definition) is 3. The second-order valence-electron chi connectivity index (χ2n) is 4.94. The standard InChI is InChI=1S/C14H18N2O/c1-9-14(17-2)7-12(8-16-9)11-5-10-3-4-15-13(10)6-11/h6-8,10,13,15H,3-5H2,1-2H3/t10-,13+/m0/s1. The summed E-state index contributed by atoms with van der Waals surface area (Å²) in [5, 5.41) is 3.53. The molecule has 2 aliphatic rings. The van der Waals surface area contributed by atoms with Gasteiger partial charge >= 0.3 is 0 Å².